The number of ether oxygens (including phenoxy) is 1. The van der Waals surface area contributed by atoms with E-state index in [-0.39, 0.29) is 75.8 Å². The van der Waals surface area contributed by atoms with Gasteiger partial charge in [-0.2, -0.15) is 53.0 Å². The van der Waals surface area contributed by atoms with Gasteiger partial charge in [0, 0.05) is 22.2 Å². The number of phenolic OH excluding ortho intramolecular Hbond substituents is 1. The van der Waals surface area contributed by atoms with Crippen LogP contribution in [0.15, 0.2) is 136 Å². The van der Waals surface area contributed by atoms with E-state index in [1.807, 2.05) is 0 Å². The molecule has 0 aliphatic carbocycles. The molecule has 0 spiro atoms. The highest BCUT2D eigenvalue weighted by Crippen LogP contribution is 2.44. The molecule has 0 fully saturated rings. The minimum absolute atomic E-state index is 0.00740. The Labute approximate surface area is 466 Å². The first-order valence-corrected chi connectivity index (χ1v) is 30.1. The standard InChI is InChI=1S/C41H33N9O16S5.CO2.2O3S/c1-21-13-33(35(66-11-2-12-68(54,55)56)18-32(21)46-49-41-43-29-8-3-22(20-51)14-36(29)67-41)47-44-30-9-7-28-27(38(30)52)6-10-31(39(28)71(63,64)65)45-48-34-19-42-50(40(34)53)24-4-5-26-23(15-24)16-25(69(57,58)59)17-37(26)70(60,61)62;2-1-3;2*1-4(2)3/h3-10,13-19,51-53H,2,11-12,20H2,1H3,(H,54,55,56)(H,57,58,59)(H,60,61,62)(H,63,64,65);;;. The van der Waals surface area contributed by atoms with Gasteiger partial charge in [-0.05, 0) is 90.5 Å². The van der Waals surface area contributed by atoms with Gasteiger partial charge in [-0.15, -0.1) is 55.9 Å². The maximum absolute atomic E-state index is 12.8. The Morgan fingerprint density at radius 1 is 0.646 bits per heavy atom. The lowest BCUT2D eigenvalue weighted by molar-refractivity contribution is -0.191. The van der Waals surface area contributed by atoms with Gasteiger partial charge in [-0.25, -0.2) is 4.98 Å². The highest BCUT2D eigenvalue weighted by molar-refractivity contribution is 7.87. The lowest BCUT2D eigenvalue weighted by atomic mass is 10.1. The van der Waals surface area contributed by atoms with Crippen LogP contribution in [-0.2, 0) is 77.9 Å². The minimum atomic E-state index is -5.14. The van der Waals surface area contributed by atoms with E-state index in [1.54, 1.807) is 25.1 Å². The van der Waals surface area contributed by atoms with Crippen LogP contribution in [0, 0.1) is 6.92 Å². The zero-order valence-electron chi connectivity index (χ0n) is 40.4. The Morgan fingerprint density at radius 2 is 1.23 bits per heavy atom. The number of rotatable bonds is 16. The lowest BCUT2D eigenvalue weighted by Gasteiger charge is -2.11. The summed E-state index contributed by atoms with van der Waals surface area (Å²) in [6.07, 6.45) is 1.13. The molecule has 40 heteroatoms. The quantitative estimate of drug-likeness (QED) is 0.0329. The topological polar surface area (TPSA) is 529 Å². The van der Waals surface area contributed by atoms with Gasteiger partial charge in [0.25, 0.3) is 40.5 Å². The third kappa shape index (κ3) is 17.2. The van der Waals surface area contributed by atoms with Crippen LogP contribution in [0.1, 0.15) is 17.5 Å². The summed E-state index contributed by atoms with van der Waals surface area (Å²) in [6, 6.07) is 18.0. The Hall–Kier alpha value is -8.64. The molecule has 0 atom stereocenters. The Kier molecular flexibility index (Phi) is 20.9. The summed E-state index contributed by atoms with van der Waals surface area (Å²) in [5, 5.41) is 60.2. The molecule has 33 nitrogen and oxygen atoms in total. The molecule has 8 rings (SSSR count). The van der Waals surface area contributed by atoms with Gasteiger partial charge in [0.05, 0.1) is 51.7 Å². The van der Waals surface area contributed by atoms with Crippen molar-refractivity contribution in [2.24, 2.45) is 30.7 Å². The second-order valence-electron chi connectivity index (χ2n) is 15.6. The molecule has 0 saturated heterocycles. The average molecular weight is 1270 g/mol. The van der Waals surface area contributed by atoms with Gasteiger partial charge in [-0.3, -0.25) is 18.2 Å². The molecular formula is C42H33N9O24S7. The van der Waals surface area contributed by atoms with Gasteiger partial charge < -0.3 is 20.1 Å². The summed E-state index contributed by atoms with van der Waals surface area (Å²) < 4.78 is 193. The van der Waals surface area contributed by atoms with Crippen LogP contribution in [0.3, 0.4) is 0 Å². The minimum Gasteiger partial charge on any atom is -0.505 e. The first-order chi connectivity index (χ1) is 38.3. The second kappa shape index (κ2) is 26.8. The van der Waals surface area contributed by atoms with Crippen molar-refractivity contribution in [1.82, 2.24) is 14.8 Å². The predicted octanol–water partition coefficient (Wildman–Crippen LogP) is 6.05. The molecule has 0 bridgehead atoms. The normalized spacial score (nSPS) is 11.9. The van der Waals surface area contributed by atoms with Crippen molar-refractivity contribution in [3.8, 4) is 23.1 Å². The molecule has 432 valence electrons. The Balaban J connectivity index is 0.00000103. The van der Waals surface area contributed by atoms with Crippen LogP contribution in [0.25, 0.3) is 37.4 Å². The molecule has 0 saturated carbocycles. The summed E-state index contributed by atoms with van der Waals surface area (Å²) in [7, 11) is -25.6. The van der Waals surface area contributed by atoms with Crippen LogP contribution in [-0.4, -0.2) is 126 Å². The molecule has 0 unspecified atom stereocenters. The number of aliphatic hydroxyl groups excluding tert-OH is 1. The number of hydrogen-bond donors (Lipinski definition) is 7. The summed E-state index contributed by atoms with van der Waals surface area (Å²) in [4.78, 5) is 18.2. The fraction of sp³-hybridized carbons (Fsp3) is 0.119. The number of aryl methyl sites for hydroxylation is 1. The number of thiazole rings is 1. The molecule has 0 aliphatic heterocycles. The first kappa shape index (κ1) is 64.2. The van der Waals surface area contributed by atoms with E-state index in [1.165, 1.54) is 59.9 Å². The lowest BCUT2D eigenvalue weighted by Crippen LogP contribution is -2.08. The van der Waals surface area contributed by atoms with E-state index >= 15 is 0 Å². The second-order valence-corrected chi connectivity index (χ2v) is 23.2. The molecule has 8 aromatic rings. The van der Waals surface area contributed by atoms with Crippen LogP contribution in [0.5, 0.6) is 17.4 Å². The van der Waals surface area contributed by atoms with Gasteiger partial charge in [-0.1, -0.05) is 29.5 Å². The van der Waals surface area contributed by atoms with Crippen molar-refractivity contribution in [2.45, 2.75) is 34.6 Å². The van der Waals surface area contributed by atoms with Crippen LogP contribution in [0.2, 0.25) is 0 Å². The summed E-state index contributed by atoms with van der Waals surface area (Å²) in [6.45, 7) is 1.32. The van der Waals surface area contributed by atoms with Gasteiger partial charge in [0.2, 0.25) is 11.0 Å². The molecule has 82 heavy (non-hydrogen) atoms. The number of hydrogen-bond acceptors (Lipinski definition) is 29. The number of carbonyl (C=O) groups excluding carboxylic acids is 2. The number of azo groups is 3. The summed E-state index contributed by atoms with van der Waals surface area (Å²) in [5.74, 6) is -1.86. The fourth-order valence-electron chi connectivity index (χ4n) is 6.95. The van der Waals surface area contributed by atoms with E-state index in [0.717, 1.165) is 27.7 Å². The molecule has 6 aromatic carbocycles. The van der Waals surface area contributed by atoms with Crippen molar-refractivity contribution in [1.29, 1.82) is 0 Å². The molecule has 2 aromatic heterocycles. The van der Waals surface area contributed by atoms with Crippen molar-refractivity contribution in [3.05, 3.63) is 102 Å². The molecule has 0 radical (unpaired) electrons. The van der Waals surface area contributed by atoms with Crippen molar-refractivity contribution in [2.75, 3.05) is 12.4 Å². The van der Waals surface area contributed by atoms with E-state index in [2.05, 4.69) is 40.8 Å². The number of nitrogens with zero attached hydrogens (tertiary/aromatic N) is 9. The summed E-state index contributed by atoms with van der Waals surface area (Å²) in [5.41, 5.74) is 1.19. The zero-order valence-corrected chi connectivity index (χ0v) is 46.2. The largest absolute Gasteiger partial charge is 0.505 e. The number of phenols is 1. The zero-order chi connectivity index (χ0) is 61.1. The molecular weight excluding hydrogens is 1240 g/mol. The van der Waals surface area contributed by atoms with Gasteiger partial charge in [0.15, 0.2) is 11.4 Å². The summed E-state index contributed by atoms with van der Waals surface area (Å²) >= 11 is 1.24. The van der Waals surface area contributed by atoms with Crippen molar-refractivity contribution in [3.63, 3.8) is 0 Å². The van der Waals surface area contributed by atoms with Crippen LogP contribution in [0.4, 0.5) is 33.6 Å². The first-order valence-electron chi connectivity index (χ1n) is 21.3. The Morgan fingerprint density at radius 3 is 1.84 bits per heavy atom. The molecule has 0 aliphatic rings. The fourth-order valence-corrected chi connectivity index (χ4v) is 10.5. The number of aromatic hydroxyl groups is 2. The smallest absolute Gasteiger partial charge is 0.425 e. The number of fused-ring (bicyclic) bond motifs is 3. The molecule has 7 N–H and O–H groups in total. The van der Waals surface area contributed by atoms with E-state index in [4.69, 9.17) is 39.6 Å². The van der Waals surface area contributed by atoms with Gasteiger partial charge >= 0.3 is 27.4 Å². The number of aliphatic hydroxyl groups is 1. The van der Waals surface area contributed by atoms with Crippen LogP contribution < -0.4 is 4.74 Å². The van der Waals surface area contributed by atoms with Crippen molar-refractivity contribution >= 4 is 145 Å². The maximum atomic E-state index is 12.8. The van der Waals surface area contributed by atoms with E-state index in [0.29, 0.717) is 33.5 Å². The molecule has 0 amide bonds. The van der Waals surface area contributed by atoms with Crippen molar-refractivity contribution < 1.29 is 107 Å². The maximum Gasteiger partial charge on any atom is 0.425 e. The monoisotopic (exact) mass is 1270 g/mol. The average Bonchev–Trinajstić information content (AvgIpc) is 3.97. The number of benzene rings is 6. The predicted molar refractivity (Wildman–Crippen MR) is 278 cm³/mol. The highest BCUT2D eigenvalue weighted by atomic mass is 32.2. The Bertz CT molecular complexity index is 4620. The third-order valence-electron chi connectivity index (χ3n) is 10.2. The van der Waals surface area contributed by atoms with Crippen LogP contribution >= 0.6 is 11.3 Å². The molecule has 2 heterocycles. The van der Waals surface area contributed by atoms with Gasteiger partial charge in [0.1, 0.15) is 32.6 Å². The third-order valence-corrected chi connectivity index (χ3v) is 14.6. The van der Waals surface area contributed by atoms with E-state index in [9.17, 15) is 67.2 Å². The highest BCUT2D eigenvalue weighted by Gasteiger charge is 2.24. The SMILES string of the molecule is Cc1cc(N=Nc2ccc3c(S(=O)(=O)O)c(N=Nc4cnn(-c5ccc6c(S(=O)(=O)O)cc(S(=O)(=O)O)cc6c5)c4O)ccc3c2O)c(OCCCS(=O)(=O)O)cc1N=Nc1nc2ccc(CO)cc2s1.O=C=O.O=S(=O)=O.O=S(=O)=O. The van der Waals surface area contributed by atoms with E-state index < -0.39 is 99.4 Å². The number of aromatic nitrogens is 3.